The second kappa shape index (κ2) is 5.72. The van der Waals surface area contributed by atoms with Gasteiger partial charge in [0.15, 0.2) is 0 Å². The fourth-order valence-electron chi connectivity index (χ4n) is 2.57. The van der Waals surface area contributed by atoms with Gasteiger partial charge in [-0.1, -0.05) is 17.7 Å². The van der Waals surface area contributed by atoms with Gasteiger partial charge in [-0.05, 0) is 44.0 Å². The Hall–Kier alpha value is -1.10. The summed E-state index contributed by atoms with van der Waals surface area (Å²) in [6.45, 7) is 3.95. The molecule has 1 aromatic carbocycles. The van der Waals surface area contributed by atoms with Crippen LogP contribution in [0.5, 0.6) is 0 Å². The van der Waals surface area contributed by atoms with Crippen LogP contribution in [0.25, 0.3) is 10.1 Å². The van der Waals surface area contributed by atoms with Gasteiger partial charge in [-0.3, -0.25) is 4.79 Å². The van der Waals surface area contributed by atoms with Gasteiger partial charge in [0.25, 0.3) is 5.91 Å². The smallest absolute Gasteiger partial charge is 0.261 e. The van der Waals surface area contributed by atoms with Gasteiger partial charge in [0, 0.05) is 27.7 Å². The predicted molar refractivity (Wildman–Crippen MR) is 84.9 cm³/mol. The highest BCUT2D eigenvalue weighted by Gasteiger charge is 2.18. The van der Waals surface area contributed by atoms with E-state index in [-0.39, 0.29) is 11.9 Å². The quantitative estimate of drug-likeness (QED) is 0.893. The van der Waals surface area contributed by atoms with E-state index in [1.54, 1.807) is 0 Å². The Bertz CT molecular complexity index is 608. The molecular weight excluding hydrogens is 292 g/mol. The van der Waals surface area contributed by atoms with Crippen LogP contribution in [0.1, 0.15) is 28.1 Å². The van der Waals surface area contributed by atoms with Crippen molar-refractivity contribution in [1.82, 2.24) is 10.6 Å². The molecule has 2 N–H and O–H groups in total. The van der Waals surface area contributed by atoms with E-state index < -0.39 is 0 Å². The van der Waals surface area contributed by atoms with E-state index in [0.29, 0.717) is 5.02 Å². The number of piperidine rings is 1. The number of nitrogens with one attached hydrogen (secondary N) is 2. The maximum atomic E-state index is 12.3. The number of hydrogen-bond donors (Lipinski definition) is 2. The molecule has 0 saturated carbocycles. The molecule has 1 atom stereocenters. The Morgan fingerprint density at radius 3 is 3.05 bits per heavy atom. The SMILES string of the molecule is Cc1ccc(Cl)c2cc(C(=O)N[C@@H]3CCCNC3)sc12. The van der Waals surface area contributed by atoms with Gasteiger partial charge in [-0.2, -0.15) is 0 Å². The van der Waals surface area contributed by atoms with E-state index in [1.807, 2.05) is 25.1 Å². The summed E-state index contributed by atoms with van der Waals surface area (Å²) in [5.74, 6) is 0.00960. The molecule has 20 heavy (non-hydrogen) atoms. The highest BCUT2D eigenvalue weighted by atomic mass is 35.5. The van der Waals surface area contributed by atoms with Gasteiger partial charge in [0.2, 0.25) is 0 Å². The van der Waals surface area contributed by atoms with Crippen LogP contribution in [0.4, 0.5) is 0 Å². The summed E-state index contributed by atoms with van der Waals surface area (Å²) in [4.78, 5) is 13.1. The largest absolute Gasteiger partial charge is 0.347 e. The Kier molecular flexibility index (Phi) is 3.96. The van der Waals surface area contributed by atoms with Crippen LogP contribution in [-0.4, -0.2) is 25.0 Å². The minimum atomic E-state index is 0.00960. The lowest BCUT2D eigenvalue weighted by molar-refractivity contribution is 0.0935. The number of carbonyl (C=O) groups excluding carboxylic acids is 1. The van der Waals surface area contributed by atoms with Crippen LogP contribution in [0.15, 0.2) is 18.2 Å². The molecule has 106 valence electrons. The van der Waals surface area contributed by atoms with Crippen molar-refractivity contribution in [3.05, 3.63) is 33.7 Å². The fourth-order valence-corrected chi connectivity index (χ4v) is 3.89. The molecule has 0 unspecified atom stereocenters. The standard InChI is InChI=1S/C15H17ClN2OS/c1-9-4-5-12(16)11-7-13(20-14(9)11)15(19)18-10-3-2-6-17-8-10/h4-5,7,10,17H,2-3,6,8H2,1H3,(H,18,19)/t10-/m1/s1. The summed E-state index contributed by atoms with van der Waals surface area (Å²) in [7, 11) is 0. The van der Waals surface area contributed by atoms with E-state index in [9.17, 15) is 4.79 Å². The number of thiophene rings is 1. The van der Waals surface area contributed by atoms with Crippen molar-refractivity contribution in [2.75, 3.05) is 13.1 Å². The van der Waals surface area contributed by atoms with Crippen molar-refractivity contribution < 1.29 is 4.79 Å². The summed E-state index contributed by atoms with van der Waals surface area (Å²) < 4.78 is 1.10. The molecule has 1 aromatic heterocycles. The molecule has 1 saturated heterocycles. The number of halogens is 1. The van der Waals surface area contributed by atoms with Crippen molar-refractivity contribution in [1.29, 1.82) is 0 Å². The number of aryl methyl sites for hydroxylation is 1. The van der Waals surface area contributed by atoms with Crippen molar-refractivity contribution >= 4 is 38.9 Å². The molecule has 0 radical (unpaired) electrons. The van der Waals surface area contributed by atoms with Crippen LogP contribution >= 0.6 is 22.9 Å². The monoisotopic (exact) mass is 308 g/mol. The highest BCUT2D eigenvalue weighted by Crippen LogP contribution is 2.33. The highest BCUT2D eigenvalue weighted by molar-refractivity contribution is 7.21. The first-order chi connectivity index (χ1) is 9.65. The van der Waals surface area contributed by atoms with Gasteiger partial charge in [-0.15, -0.1) is 11.3 Å². The summed E-state index contributed by atoms with van der Waals surface area (Å²) in [5.41, 5.74) is 1.16. The summed E-state index contributed by atoms with van der Waals surface area (Å²) >= 11 is 7.72. The fraction of sp³-hybridized carbons (Fsp3) is 0.400. The molecule has 2 aromatic rings. The number of fused-ring (bicyclic) bond motifs is 1. The second-order valence-corrected chi connectivity index (χ2v) is 6.69. The molecule has 0 bridgehead atoms. The maximum absolute atomic E-state index is 12.3. The zero-order chi connectivity index (χ0) is 14.1. The number of carbonyl (C=O) groups is 1. The first-order valence-corrected chi connectivity index (χ1v) is 8.05. The topological polar surface area (TPSA) is 41.1 Å². The molecule has 1 amide bonds. The van der Waals surface area contributed by atoms with Crippen LogP contribution in [0.2, 0.25) is 5.02 Å². The van der Waals surface area contributed by atoms with Crippen LogP contribution in [0.3, 0.4) is 0 Å². The van der Waals surface area contributed by atoms with E-state index >= 15 is 0 Å². The van der Waals surface area contributed by atoms with Gasteiger partial charge in [0.1, 0.15) is 0 Å². The van der Waals surface area contributed by atoms with E-state index in [1.165, 1.54) is 11.3 Å². The summed E-state index contributed by atoms with van der Waals surface area (Å²) in [5, 5.41) is 8.09. The van der Waals surface area contributed by atoms with Crippen LogP contribution in [0, 0.1) is 6.92 Å². The lowest BCUT2D eigenvalue weighted by Gasteiger charge is -2.23. The zero-order valence-electron chi connectivity index (χ0n) is 11.3. The minimum absolute atomic E-state index is 0.00960. The molecule has 3 rings (SSSR count). The Balaban J connectivity index is 1.84. The summed E-state index contributed by atoms with van der Waals surface area (Å²) in [6.07, 6.45) is 2.16. The van der Waals surface area contributed by atoms with Crippen molar-refractivity contribution in [2.45, 2.75) is 25.8 Å². The lowest BCUT2D eigenvalue weighted by Crippen LogP contribution is -2.45. The third-order valence-corrected chi connectivity index (χ3v) is 5.28. The number of rotatable bonds is 2. The molecule has 0 aliphatic carbocycles. The molecule has 0 spiro atoms. The first kappa shape index (κ1) is 13.9. The predicted octanol–water partition coefficient (Wildman–Crippen LogP) is 3.34. The second-order valence-electron chi connectivity index (χ2n) is 5.23. The third kappa shape index (κ3) is 2.68. The van der Waals surface area contributed by atoms with E-state index in [2.05, 4.69) is 10.6 Å². The van der Waals surface area contributed by atoms with E-state index in [0.717, 1.165) is 46.5 Å². The van der Waals surface area contributed by atoms with Gasteiger partial charge in [0.05, 0.1) is 4.88 Å². The Labute approximate surface area is 127 Å². The Morgan fingerprint density at radius 1 is 1.50 bits per heavy atom. The minimum Gasteiger partial charge on any atom is -0.347 e. The van der Waals surface area contributed by atoms with Crippen molar-refractivity contribution in [2.24, 2.45) is 0 Å². The molecule has 1 aliphatic heterocycles. The molecule has 3 nitrogen and oxygen atoms in total. The number of amides is 1. The average molecular weight is 309 g/mol. The number of hydrogen-bond acceptors (Lipinski definition) is 3. The van der Waals surface area contributed by atoms with Crippen LogP contribution < -0.4 is 10.6 Å². The van der Waals surface area contributed by atoms with E-state index in [4.69, 9.17) is 11.6 Å². The summed E-state index contributed by atoms with van der Waals surface area (Å²) in [6, 6.07) is 6.02. The van der Waals surface area contributed by atoms with Crippen molar-refractivity contribution in [3.63, 3.8) is 0 Å². The maximum Gasteiger partial charge on any atom is 0.261 e. The lowest BCUT2D eigenvalue weighted by atomic mass is 10.1. The average Bonchev–Trinajstić information content (AvgIpc) is 2.91. The molecule has 2 heterocycles. The molecule has 1 fully saturated rings. The third-order valence-electron chi connectivity index (χ3n) is 3.68. The van der Waals surface area contributed by atoms with Crippen molar-refractivity contribution in [3.8, 4) is 0 Å². The van der Waals surface area contributed by atoms with Gasteiger partial charge < -0.3 is 10.6 Å². The van der Waals surface area contributed by atoms with Crippen LogP contribution in [-0.2, 0) is 0 Å². The first-order valence-electron chi connectivity index (χ1n) is 6.85. The van der Waals surface area contributed by atoms with Gasteiger partial charge >= 0.3 is 0 Å². The molecule has 1 aliphatic rings. The Morgan fingerprint density at radius 2 is 2.35 bits per heavy atom. The zero-order valence-corrected chi connectivity index (χ0v) is 12.9. The number of benzene rings is 1. The molecular formula is C15H17ClN2OS. The molecule has 5 heteroatoms. The van der Waals surface area contributed by atoms with Gasteiger partial charge in [-0.25, -0.2) is 0 Å². The normalized spacial score (nSPS) is 19.2.